The van der Waals surface area contributed by atoms with Gasteiger partial charge < -0.3 is 14.6 Å². The fourth-order valence-corrected chi connectivity index (χ4v) is 3.05. The van der Waals surface area contributed by atoms with Crippen LogP contribution in [0.1, 0.15) is 17.3 Å². The Balaban J connectivity index is 2.11. The Hall–Kier alpha value is -2.50. The Kier molecular flexibility index (Phi) is 5.20. The molecular formula is C19H16Cl2N2O3. The van der Waals surface area contributed by atoms with Gasteiger partial charge in [-0.3, -0.25) is 9.59 Å². The molecule has 1 heterocycles. The van der Waals surface area contributed by atoms with Crippen LogP contribution in [0.25, 0.3) is 10.9 Å². The fraction of sp³-hybridized carbons (Fsp3) is 0.158. The van der Waals surface area contributed by atoms with Crippen LogP contribution in [-0.4, -0.2) is 17.6 Å². The summed E-state index contributed by atoms with van der Waals surface area (Å²) >= 11 is 12.0. The molecule has 0 radical (unpaired) electrons. The predicted octanol–water partition coefficient (Wildman–Crippen LogP) is 4.59. The van der Waals surface area contributed by atoms with Crippen molar-refractivity contribution >= 4 is 45.7 Å². The van der Waals surface area contributed by atoms with E-state index in [4.69, 9.17) is 27.9 Å². The summed E-state index contributed by atoms with van der Waals surface area (Å²) in [6, 6.07) is 9.94. The lowest BCUT2D eigenvalue weighted by Gasteiger charge is -2.13. The number of aryl methyl sites for hydroxylation is 1. The quantitative estimate of drug-likeness (QED) is 0.708. The van der Waals surface area contributed by atoms with Gasteiger partial charge in [-0.2, -0.15) is 0 Å². The minimum atomic E-state index is -0.550. The SMILES string of the molecule is CCn1cc(C(=O)Nc2cc(Cl)ccc2Cl)c(=O)c2cc(OC)ccc21. The maximum atomic E-state index is 12.9. The molecule has 0 bridgehead atoms. The van der Waals surface area contributed by atoms with Crippen molar-refractivity contribution in [1.82, 2.24) is 4.57 Å². The number of nitrogens with zero attached hydrogens (tertiary/aromatic N) is 1. The number of carbonyl (C=O) groups excluding carboxylic acids is 1. The second-order valence-corrected chi connectivity index (χ2v) is 6.46. The van der Waals surface area contributed by atoms with Gasteiger partial charge in [0, 0.05) is 17.8 Å². The molecule has 3 aromatic rings. The molecule has 0 aliphatic rings. The first kappa shape index (κ1) is 18.3. The zero-order valence-corrected chi connectivity index (χ0v) is 15.7. The molecule has 1 N–H and O–H groups in total. The van der Waals surface area contributed by atoms with E-state index in [1.807, 2.05) is 11.5 Å². The lowest BCUT2D eigenvalue weighted by atomic mass is 10.1. The van der Waals surface area contributed by atoms with Crippen LogP contribution in [0, 0.1) is 0 Å². The third-order valence-electron chi connectivity index (χ3n) is 4.05. The fourth-order valence-electron chi connectivity index (χ4n) is 2.71. The van der Waals surface area contributed by atoms with Crippen molar-refractivity contribution in [3.8, 4) is 5.75 Å². The van der Waals surface area contributed by atoms with Crippen molar-refractivity contribution in [3.63, 3.8) is 0 Å². The van der Waals surface area contributed by atoms with E-state index in [0.717, 1.165) is 5.52 Å². The number of hydrogen-bond donors (Lipinski definition) is 1. The topological polar surface area (TPSA) is 60.3 Å². The molecule has 3 rings (SSSR count). The zero-order chi connectivity index (χ0) is 18.8. The summed E-state index contributed by atoms with van der Waals surface area (Å²) in [5, 5.41) is 3.83. The highest BCUT2D eigenvalue weighted by Crippen LogP contribution is 2.26. The summed E-state index contributed by atoms with van der Waals surface area (Å²) in [4.78, 5) is 25.6. The summed E-state index contributed by atoms with van der Waals surface area (Å²) in [5.74, 6) is -0.00113. The molecule has 1 aromatic heterocycles. The molecule has 5 nitrogen and oxygen atoms in total. The van der Waals surface area contributed by atoms with Crippen LogP contribution in [0.2, 0.25) is 10.0 Å². The monoisotopic (exact) mass is 390 g/mol. The van der Waals surface area contributed by atoms with E-state index in [0.29, 0.717) is 33.4 Å². The highest BCUT2D eigenvalue weighted by Gasteiger charge is 2.17. The summed E-state index contributed by atoms with van der Waals surface area (Å²) < 4.78 is 7.03. The van der Waals surface area contributed by atoms with E-state index in [1.165, 1.54) is 13.2 Å². The molecule has 0 saturated heterocycles. The van der Waals surface area contributed by atoms with Gasteiger partial charge in [-0.1, -0.05) is 23.2 Å². The van der Waals surface area contributed by atoms with E-state index >= 15 is 0 Å². The van der Waals surface area contributed by atoms with Crippen LogP contribution in [0.15, 0.2) is 47.4 Å². The predicted molar refractivity (Wildman–Crippen MR) is 105 cm³/mol. The minimum absolute atomic E-state index is 0.0173. The highest BCUT2D eigenvalue weighted by molar-refractivity contribution is 6.35. The van der Waals surface area contributed by atoms with Gasteiger partial charge >= 0.3 is 0 Å². The van der Waals surface area contributed by atoms with Gasteiger partial charge in [0.15, 0.2) is 0 Å². The maximum Gasteiger partial charge on any atom is 0.261 e. The van der Waals surface area contributed by atoms with Crippen LogP contribution < -0.4 is 15.5 Å². The van der Waals surface area contributed by atoms with E-state index in [1.54, 1.807) is 36.5 Å². The Bertz CT molecular complexity index is 1060. The third-order valence-corrected chi connectivity index (χ3v) is 4.61. The molecule has 0 spiro atoms. The lowest BCUT2D eigenvalue weighted by molar-refractivity contribution is 0.102. The summed E-state index contributed by atoms with van der Waals surface area (Å²) in [5.41, 5.74) is 0.718. The molecule has 0 saturated carbocycles. The Morgan fingerprint density at radius 1 is 1.19 bits per heavy atom. The molecule has 0 aliphatic carbocycles. The summed E-state index contributed by atoms with van der Waals surface area (Å²) in [6.07, 6.45) is 1.55. The first-order valence-corrected chi connectivity index (χ1v) is 8.67. The third kappa shape index (κ3) is 3.41. The number of amides is 1. The van der Waals surface area contributed by atoms with Crippen LogP contribution in [0.3, 0.4) is 0 Å². The second kappa shape index (κ2) is 7.40. The van der Waals surface area contributed by atoms with E-state index in [2.05, 4.69) is 5.32 Å². The number of hydrogen-bond acceptors (Lipinski definition) is 3. The van der Waals surface area contributed by atoms with Crippen molar-refractivity contribution in [1.29, 1.82) is 0 Å². The molecular weight excluding hydrogens is 375 g/mol. The standard InChI is InChI=1S/C19H16Cl2N2O3/c1-3-23-10-14(18(24)13-9-12(26-2)5-7-17(13)23)19(25)22-16-8-11(20)4-6-15(16)21/h4-10H,3H2,1-2H3,(H,22,25). The number of rotatable bonds is 4. The Morgan fingerprint density at radius 2 is 1.96 bits per heavy atom. The molecule has 0 fully saturated rings. The van der Waals surface area contributed by atoms with Gasteiger partial charge in [0.2, 0.25) is 5.43 Å². The molecule has 0 aliphatic heterocycles. The molecule has 0 unspecified atom stereocenters. The Labute approximate surface area is 160 Å². The normalized spacial score (nSPS) is 10.8. The van der Waals surface area contributed by atoms with Crippen molar-refractivity contribution < 1.29 is 9.53 Å². The van der Waals surface area contributed by atoms with Crippen molar-refractivity contribution in [2.45, 2.75) is 13.5 Å². The molecule has 2 aromatic carbocycles. The molecule has 26 heavy (non-hydrogen) atoms. The van der Waals surface area contributed by atoms with Crippen molar-refractivity contribution in [2.24, 2.45) is 0 Å². The molecule has 1 amide bonds. The minimum Gasteiger partial charge on any atom is -0.497 e. The zero-order valence-electron chi connectivity index (χ0n) is 14.2. The van der Waals surface area contributed by atoms with Crippen molar-refractivity contribution in [3.05, 3.63) is 68.4 Å². The van der Waals surface area contributed by atoms with Crippen LogP contribution in [0.4, 0.5) is 5.69 Å². The first-order chi connectivity index (χ1) is 12.4. The lowest BCUT2D eigenvalue weighted by Crippen LogP contribution is -2.24. The van der Waals surface area contributed by atoms with Gasteiger partial charge in [0.25, 0.3) is 5.91 Å². The van der Waals surface area contributed by atoms with E-state index in [9.17, 15) is 9.59 Å². The summed E-state index contributed by atoms with van der Waals surface area (Å²) in [7, 11) is 1.53. The largest absolute Gasteiger partial charge is 0.497 e. The number of fused-ring (bicyclic) bond motifs is 1. The Morgan fingerprint density at radius 3 is 2.65 bits per heavy atom. The number of halogens is 2. The van der Waals surface area contributed by atoms with E-state index in [-0.39, 0.29) is 11.0 Å². The van der Waals surface area contributed by atoms with Gasteiger partial charge in [0.1, 0.15) is 11.3 Å². The number of benzene rings is 2. The summed E-state index contributed by atoms with van der Waals surface area (Å²) in [6.45, 7) is 2.53. The second-order valence-electron chi connectivity index (χ2n) is 5.62. The first-order valence-electron chi connectivity index (χ1n) is 7.92. The average Bonchev–Trinajstić information content (AvgIpc) is 2.64. The average molecular weight is 391 g/mol. The van der Waals surface area contributed by atoms with Crippen molar-refractivity contribution in [2.75, 3.05) is 12.4 Å². The number of nitrogens with one attached hydrogen (secondary N) is 1. The van der Waals surface area contributed by atoms with Gasteiger partial charge in [-0.05, 0) is 43.3 Å². The van der Waals surface area contributed by atoms with Crippen LogP contribution in [0.5, 0.6) is 5.75 Å². The van der Waals surface area contributed by atoms with Crippen LogP contribution in [-0.2, 0) is 6.54 Å². The number of carbonyl (C=O) groups is 1. The number of aromatic nitrogens is 1. The smallest absolute Gasteiger partial charge is 0.261 e. The number of anilines is 1. The van der Waals surface area contributed by atoms with Gasteiger partial charge in [-0.25, -0.2) is 0 Å². The number of ether oxygens (including phenoxy) is 1. The van der Waals surface area contributed by atoms with E-state index < -0.39 is 5.91 Å². The van der Waals surface area contributed by atoms with Gasteiger partial charge in [-0.15, -0.1) is 0 Å². The van der Waals surface area contributed by atoms with Gasteiger partial charge in [0.05, 0.1) is 28.7 Å². The number of pyridine rings is 1. The maximum absolute atomic E-state index is 12.9. The number of methoxy groups -OCH3 is 1. The molecule has 7 heteroatoms. The highest BCUT2D eigenvalue weighted by atomic mass is 35.5. The molecule has 134 valence electrons. The molecule has 0 atom stereocenters. The van der Waals surface area contributed by atoms with Crippen LogP contribution >= 0.6 is 23.2 Å².